The molecule has 0 atom stereocenters. The lowest BCUT2D eigenvalue weighted by Gasteiger charge is -2.10. The maximum atomic E-state index is 5.17. The fraction of sp³-hybridized carbons (Fsp3) is 0.500. The Kier molecular flexibility index (Phi) is 3.31. The van der Waals surface area contributed by atoms with Gasteiger partial charge >= 0.3 is 0 Å². The molecule has 0 saturated carbocycles. The summed E-state index contributed by atoms with van der Waals surface area (Å²) in [7, 11) is 3.39. The molecular formula is C8H14N4O. The molecular weight excluding hydrogens is 168 g/mol. The Morgan fingerprint density at radius 3 is 2.62 bits per heavy atom. The average molecular weight is 182 g/mol. The monoisotopic (exact) mass is 182 g/mol. The van der Waals surface area contributed by atoms with E-state index in [1.165, 1.54) is 6.33 Å². The van der Waals surface area contributed by atoms with Crippen LogP contribution in [0.1, 0.15) is 6.92 Å². The third-order valence-electron chi connectivity index (χ3n) is 1.59. The molecule has 5 heteroatoms. The summed E-state index contributed by atoms with van der Waals surface area (Å²) in [5.41, 5.74) is 0. The molecule has 0 fully saturated rings. The maximum absolute atomic E-state index is 5.17. The van der Waals surface area contributed by atoms with Crippen LogP contribution in [0.25, 0.3) is 0 Å². The van der Waals surface area contributed by atoms with Crippen molar-refractivity contribution in [3.05, 3.63) is 6.33 Å². The fourth-order valence-corrected chi connectivity index (χ4v) is 1.04. The van der Waals surface area contributed by atoms with Gasteiger partial charge in [-0.25, -0.2) is 9.97 Å². The molecule has 1 rings (SSSR count). The highest BCUT2D eigenvalue weighted by atomic mass is 16.5. The van der Waals surface area contributed by atoms with Crippen molar-refractivity contribution in [2.24, 2.45) is 0 Å². The summed E-state index contributed by atoms with van der Waals surface area (Å²) in [6.45, 7) is 2.80. The van der Waals surface area contributed by atoms with Gasteiger partial charge < -0.3 is 15.4 Å². The molecule has 0 unspecified atom stereocenters. The summed E-state index contributed by atoms with van der Waals surface area (Å²) >= 11 is 0. The zero-order valence-corrected chi connectivity index (χ0v) is 8.09. The minimum absolute atomic E-state index is 0.645. The van der Waals surface area contributed by atoms with Gasteiger partial charge in [-0.1, -0.05) is 0 Å². The van der Waals surface area contributed by atoms with E-state index in [0.29, 0.717) is 17.4 Å². The number of hydrogen-bond acceptors (Lipinski definition) is 5. The van der Waals surface area contributed by atoms with Gasteiger partial charge in [0.15, 0.2) is 11.6 Å². The zero-order chi connectivity index (χ0) is 9.68. The van der Waals surface area contributed by atoms with Crippen LogP contribution < -0.4 is 15.4 Å². The first-order valence-corrected chi connectivity index (χ1v) is 4.14. The minimum atomic E-state index is 0.645. The van der Waals surface area contributed by atoms with Crippen molar-refractivity contribution in [2.45, 2.75) is 6.92 Å². The van der Waals surface area contributed by atoms with Gasteiger partial charge in [-0.2, -0.15) is 0 Å². The Morgan fingerprint density at radius 2 is 2.08 bits per heavy atom. The molecule has 0 amide bonds. The molecule has 0 aromatic carbocycles. The summed E-state index contributed by atoms with van der Waals surface area (Å²) in [5, 5.41) is 6.01. The molecule has 1 heterocycles. The van der Waals surface area contributed by atoms with Crippen LogP contribution >= 0.6 is 0 Å². The van der Waals surface area contributed by atoms with Crippen molar-refractivity contribution in [1.82, 2.24) is 9.97 Å². The number of rotatable bonds is 4. The van der Waals surface area contributed by atoms with Crippen LogP contribution in [-0.4, -0.2) is 30.7 Å². The van der Waals surface area contributed by atoms with Crippen molar-refractivity contribution in [2.75, 3.05) is 31.3 Å². The van der Waals surface area contributed by atoms with Gasteiger partial charge in [0, 0.05) is 13.6 Å². The molecule has 0 aliphatic rings. The van der Waals surface area contributed by atoms with Gasteiger partial charge in [0.25, 0.3) is 0 Å². The predicted molar refractivity (Wildman–Crippen MR) is 52.3 cm³/mol. The standard InChI is InChI=1S/C8H14N4O/c1-4-10-8-6(13-3)7(9-2)11-5-12-8/h5H,4H2,1-3H3,(H2,9,10,11,12). The Morgan fingerprint density at radius 1 is 1.38 bits per heavy atom. The van der Waals surface area contributed by atoms with Crippen LogP contribution in [0.2, 0.25) is 0 Å². The van der Waals surface area contributed by atoms with Crippen molar-refractivity contribution in [3.63, 3.8) is 0 Å². The Bertz CT molecular complexity index is 277. The largest absolute Gasteiger partial charge is 0.490 e. The van der Waals surface area contributed by atoms with Crippen LogP contribution in [-0.2, 0) is 0 Å². The lowest BCUT2D eigenvalue weighted by molar-refractivity contribution is 0.415. The predicted octanol–water partition coefficient (Wildman–Crippen LogP) is 0.959. The zero-order valence-electron chi connectivity index (χ0n) is 8.09. The molecule has 0 aliphatic carbocycles. The minimum Gasteiger partial charge on any atom is -0.490 e. The molecule has 1 aromatic heterocycles. The van der Waals surface area contributed by atoms with E-state index in [1.54, 1.807) is 14.2 Å². The first kappa shape index (κ1) is 9.57. The van der Waals surface area contributed by atoms with Crippen LogP contribution in [0.3, 0.4) is 0 Å². The lowest BCUT2D eigenvalue weighted by Crippen LogP contribution is -2.05. The van der Waals surface area contributed by atoms with Crippen molar-refractivity contribution >= 4 is 11.6 Å². The third kappa shape index (κ3) is 1.99. The second kappa shape index (κ2) is 4.49. The van der Waals surface area contributed by atoms with Gasteiger partial charge in [0.2, 0.25) is 5.75 Å². The number of methoxy groups -OCH3 is 1. The van der Waals surface area contributed by atoms with Gasteiger partial charge in [0.05, 0.1) is 7.11 Å². The normalized spacial score (nSPS) is 9.46. The van der Waals surface area contributed by atoms with E-state index in [2.05, 4.69) is 20.6 Å². The fourth-order valence-electron chi connectivity index (χ4n) is 1.04. The molecule has 0 saturated heterocycles. The highest BCUT2D eigenvalue weighted by Crippen LogP contribution is 2.27. The Hall–Kier alpha value is -1.52. The van der Waals surface area contributed by atoms with Crippen LogP contribution in [0.5, 0.6) is 5.75 Å². The summed E-state index contributed by atoms with van der Waals surface area (Å²) in [6, 6.07) is 0. The number of anilines is 2. The van der Waals surface area contributed by atoms with E-state index < -0.39 is 0 Å². The van der Waals surface area contributed by atoms with E-state index in [1.807, 2.05) is 6.92 Å². The summed E-state index contributed by atoms with van der Waals surface area (Å²) in [5.74, 6) is 2.05. The molecule has 0 spiro atoms. The van der Waals surface area contributed by atoms with Crippen LogP contribution in [0.4, 0.5) is 11.6 Å². The number of ether oxygens (including phenoxy) is 1. The summed E-state index contributed by atoms with van der Waals surface area (Å²) < 4.78 is 5.17. The van der Waals surface area contributed by atoms with Gasteiger partial charge in [-0.05, 0) is 6.92 Å². The second-order valence-electron chi connectivity index (χ2n) is 2.38. The second-order valence-corrected chi connectivity index (χ2v) is 2.38. The number of hydrogen-bond donors (Lipinski definition) is 2. The molecule has 5 nitrogen and oxygen atoms in total. The molecule has 1 aromatic rings. The smallest absolute Gasteiger partial charge is 0.204 e. The van der Waals surface area contributed by atoms with Gasteiger partial charge in [-0.3, -0.25) is 0 Å². The van der Waals surface area contributed by atoms with Crippen molar-refractivity contribution < 1.29 is 4.74 Å². The maximum Gasteiger partial charge on any atom is 0.204 e. The van der Waals surface area contributed by atoms with Gasteiger partial charge in [-0.15, -0.1) is 0 Å². The number of nitrogens with one attached hydrogen (secondary N) is 2. The van der Waals surface area contributed by atoms with Crippen molar-refractivity contribution in [3.8, 4) is 5.75 Å². The van der Waals surface area contributed by atoms with Gasteiger partial charge in [0.1, 0.15) is 6.33 Å². The highest BCUT2D eigenvalue weighted by molar-refractivity contribution is 5.63. The van der Waals surface area contributed by atoms with Crippen molar-refractivity contribution in [1.29, 1.82) is 0 Å². The Balaban J connectivity index is 3.03. The summed E-state index contributed by atoms with van der Waals surface area (Å²) in [6.07, 6.45) is 1.49. The lowest BCUT2D eigenvalue weighted by atomic mass is 10.4. The van der Waals surface area contributed by atoms with E-state index in [4.69, 9.17) is 4.74 Å². The first-order chi connectivity index (χ1) is 6.33. The van der Waals surface area contributed by atoms with E-state index >= 15 is 0 Å². The first-order valence-electron chi connectivity index (χ1n) is 4.14. The molecule has 13 heavy (non-hydrogen) atoms. The van der Waals surface area contributed by atoms with E-state index in [-0.39, 0.29) is 0 Å². The topological polar surface area (TPSA) is 59.1 Å². The molecule has 2 N–H and O–H groups in total. The molecule has 0 radical (unpaired) electrons. The SMILES string of the molecule is CCNc1ncnc(NC)c1OC. The Labute approximate surface area is 77.5 Å². The molecule has 72 valence electrons. The molecule has 0 aliphatic heterocycles. The highest BCUT2D eigenvalue weighted by Gasteiger charge is 2.08. The number of nitrogens with zero attached hydrogens (tertiary/aromatic N) is 2. The van der Waals surface area contributed by atoms with Crippen LogP contribution in [0, 0.1) is 0 Å². The van der Waals surface area contributed by atoms with E-state index in [9.17, 15) is 0 Å². The molecule has 0 bridgehead atoms. The quantitative estimate of drug-likeness (QED) is 0.726. The van der Waals surface area contributed by atoms with Crippen LogP contribution in [0.15, 0.2) is 6.33 Å². The third-order valence-corrected chi connectivity index (χ3v) is 1.59. The number of aromatic nitrogens is 2. The van der Waals surface area contributed by atoms with E-state index in [0.717, 1.165) is 6.54 Å². The average Bonchev–Trinajstić information content (AvgIpc) is 2.18. The summed E-state index contributed by atoms with van der Waals surface area (Å²) in [4.78, 5) is 8.08.